The Morgan fingerprint density at radius 3 is 2.41 bits per heavy atom. The fraction of sp³-hybridized carbons (Fsp3) is 0.148. The Balaban J connectivity index is 1.76. The average molecular weight is 489 g/mol. The number of rotatable bonds is 3. The van der Waals surface area contributed by atoms with Crippen LogP contribution in [0.4, 0.5) is 5.13 Å². The van der Waals surface area contributed by atoms with Crippen molar-refractivity contribution in [2.75, 3.05) is 4.90 Å². The molecule has 5 nitrogen and oxygen atoms in total. The van der Waals surface area contributed by atoms with Crippen LogP contribution in [0.25, 0.3) is 16.0 Å². The van der Waals surface area contributed by atoms with Crippen LogP contribution in [0.2, 0.25) is 5.02 Å². The molecule has 1 aliphatic heterocycles. The number of thiazole rings is 1. The SMILES string of the molecule is Cc1ccc(C2C(=C(O)c3cc(C)ccc3C)C(=O)C(=O)N2c2nc3ccc(Cl)cc3s2)cc1. The summed E-state index contributed by atoms with van der Waals surface area (Å²) in [6.45, 7) is 5.75. The summed E-state index contributed by atoms with van der Waals surface area (Å²) in [6, 6.07) is 17.7. The normalized spacial score (nSPS) is 17.6. The highest BCUT2D eigenvalue weighted by atomic mass is 35.5. The summed E-state index contributed by atoms with van der Waals surface area (Å²) in [5.74, 6) is -1.64. The molecule has 5 rings (SSSR count). The summed E-state index contributed by atoms with van der Waals surface area (Å²) < 4.78 is 0.807. The monoisotopic (exact) mass is 488 g/mol. The van der Waals surface area contributed by atoms with Crippen molar-refractivity contribution in [1.29, 1.82) is 0 Å². The molecule has 0 aliphatic carbocycles. The third-order valence-electron chi connectivity index (χ3n) is 6.03. The summed E-state index contributed by atoms with van der Waals surface area (Å²) in [6.07, 6.45) is 0. The summed E-state index contributed by atoms with van der Waals surface area (Å²) in [7, 11) is 0. The zero-order valence-corrected chi connectivity index (χ0v) is 20.4. The molecule has 0 bridgehead atoms. The molecule has 0 spiro atoms. The second-order valence-corrected chi connectivity index (χ2v) is 9.95. The minimum absolute atomic E-state index is 0.0554. The number of anilines is 1. The molecular formula is C27H21ClN2O3S. The van der Waals surface area contributed by atoms with Crippen LogP contribution in [0.5, 0.6) is 0 Å². The number of hydrogen-bond acceptors (Lipinski definition) is 5. The highest BCUT2D eigenvalue weighted by molar-refractivity contribution is 7.22. The molecule has 34 heavy (non-hydrogen) atoms. The number of halogens is 1. The molecule has 0 radical (unpaired) electrons. The molecule has 1 aliphatic rings. The number of fused-ring (bicyclic) bond motifs is 1. The van der Waals surface area contributed by atoms with E-state index in [0.717, 1.165) is 21.4 Å². The first-order chi connectivity index (χ1) is 16.2. The van der Waals surface area contributed by atoms with Crippen LogP contribution in [0.15, 0.2) is 66.2 Å². The Hall–Kier alpha value is -3.48. The zero-order valence-electron chi connectivity index (χ0n) is 18.8. The Kier molecular flexibility index (Phi) is 5.50. The zero-order chi connectivity index (χ0) is 24.1. The van der Waals surface area contributed by atoms with E-state index in [4.69, 9.17) is 11.6 Å². The van der Waals surface area contributed by atoms with E-state index in [1.807, 2.05) is 63.2 Å². The first-order valence-corrected chi connectivity index (χ1v) is 12.0. The summed E-state index contributed by atoms with van der Waals surface area (Å²) in [4.78, 5) is 32.7. The van der Waals surface area contributed by atoms with E-state index in [1.165, 1.54) is 16.2 Å². The Morgan fingerprint density at radius 2 is 1.68 bits per heavy atom. The van der Waals surface area contributed by atoms with Gasteiger partial charge in [-0.15, -0.1) is 0 Å². The molecule has 7 heteroatoms. The fourth-order valence-corrected chi connectivity index (χ4v) is 5.49. The number of ketones is 1. The van der Waals surface area contributed by atoms with Crippen molar-refractivity contribution < 1.29 is 14.7 Å². The summed E-state index contributed by atoms with van der Waals surface area (Å²) in [5.41, 5.74) is 4.79. The quantitative estimate of drug-likeness (QED) is 0.203. The van der Waals surface area contributed by atoms with Gasteiger partial charge < -0.3 is 5.11 Å². The number of aliphatic hydroxyl groups is 1. The number of aromatic nitrogens is 1. The minimum atomic E-state index is -0.809. The van der Waals surface area contributed by atoms with Crippen molar-refractivity contribution >= 4 is 55.7 Å². The van der Waals surface area contributed by atoms with E-state index in [-0.39, 0.29) is 11.3 Å². The van der Waals surface area contributed by atoms with Crippen LogP contribution in [0, 0.1) is 20.8 Å². The first kappa shape index (κ1) is 22.3. The van der Waals surface area contributed by atoms with Gasteiger partial charge in [-0.3, -0.25) is 14.5 Å². The molecule has 3 aromatic carbocycles. The molecule has 1 unspecified atom stereocenters. The molecule has 0 saturated carbocycles. The van der Waals surface area contributed by atoms with Crippen LogP contribution in [-0.4, -0.2) is 21.8 Å². The maximum absolute atomic E-state index is 13.4. The lowest BCUT2D eigenvalue weighted by Gasteiger charge is -2.23. The number of nitrogens with zero attached hydrogens (tertiary/aromatic N) is 2. The standard InChI is InChI=1S/C27H21ClN2O3S/c1-14-5-8-17(9-6-14)23-22(24(31)19-12-15(2)4-7-16(19)3)25(32)26(33)30(23)27-29-20-11-10-18(28)13-21(20)34-27/h4-13,23,31H,1-3H3. The average Bonchev–Trinajstić information content (AvgIpc) is 3.33. The largest absolute Gasteiger partial charge is 0.507 e. The van der Waals surface area contributed by atoms with Gasteiger partial charge in [0, 0.05) is 10.6 Å². The third kappa shape index (κ3) is 3.69. The van der Waals surface area contributed by atoms with Gasteiger partial charge in [0.15, 0.2) is 5.13 Å². The Labute approximate surface area is 205 Å². The number of aryl methyl sites for hydroxylation is 3. The highest BCUT2D eigenvalue weighted by Gasteiger charge is 2.48. The van der Waals surface area contributed by atoms with Gasteiger partial charge in [-0.25, -0.2) is 4.98 Å². The molecule has 1 amide bonds. The molecule has 1 fully saturated rings. The van der Waals surface area contributed by atoms with Crippen LogP contribution in [0.3, 0.4) is 0 Å². The maximum atomic E-state index is 13.4. The van der Waals surface area contributed by atoms with Crippen molar-refractivity contribution in [3.63, 3.8) is 0 Å². The van der Waals surface area contributed by atoms with E-state index in [1.54, 1.807) is 18.2 Å². The number of carbonyl (C=O) groups excluding carboxylic acids is 2. The summed E-state index contributed by atoms with van der Waals surface area (Å²) >= 11 is 7.43. The van der Waals surface area contributed by atoms with Gasteiger partial charge in [-0.05, 0) is 56.2 Å². The van der Waals surface area contributed by atoms with E-state index in [0.29, 0.717) is 26.8 Å². The second kappa shape index (κ2) is 8.38. The lowest BCUT2D eigenvalue weighted by atomic mass is 9.93. The van der Waals surface area contributed by atoms with Crippen molar-refractivity contribution in [1.82, 2.24) is 4.98 Å². The number of benzene rings is 3. The summed E-state index contributed by atoms with van der Waals surface area (Å²) in [5, 5.41) is 12.3. The number of carbonyl (C=O) groups is 2. The Bertz CT molecular complexity index is 1500. The van der Waals surface area contributed by atoms with E-state index < -0.39 is 17.7 Å². The topological polar surface area (TPSA) is 70.5 Å². The molecule has 1 aromatic heterocycles. The molecule has 2 heterocycles. The van der Waals surface area contributed by atoms with Crippen LogP contribution < -0.4 is 4.90 Å². The van der Waals surface area contributed by atoms with Crippen LogP contribution in [0.1, 0.15) is 33.9 Å². The van der Waals surface area contributed by atoms with Gasteiger partial charge in [0.05, 0.1) is 21.8 Å². The predicted molar refractivity (Wildman–Crippen MR) is 137 cm³/mol. The smallest absolute Gasteiger partial charge is 0.301 e. The van der Waals surface area contributed by atoms with Gasteiger partial charge >= 0.3 is 5.91 Å². The number of amides is 1. The minimum Gasteiger partial charge on any atom is -0.507 e. The van der Waals surface area contributed by atoms with E-state index >= 15 is 0 Å². The second-order valence-electron chi connectivity index (χ2n) is 8.51. The van der Waals surface area contributed by atoms with E-state index in [9.17, 15) is 14.7 Å². The Morgan fingerprint density at radius 1 is 0.971 bits per heavy atom. The van der Waals surface area contributed by atoms with Crippen molar-refractivity contribution in [3.8, 4) is 0 Å². The number of aliphatic hydroxyl groups excluding tert-OH is 1. The van der Waals surface area contributed by atoms with Crippen molar-refractivity contribution in [2.24, 2.45) is 0 Å². The number of Topliss-reactive ketones (excluding diaryl/α,β-unsaturated/α-hetero) is 1. The molecule has 4 aromatic rings. The number of hydrogen-bond donors (Lipinski definition) is 1. The lowest BCUT2D eigenvalue weighted by Crippen LogP contribution is -2.29. The molecule has 170 valence electrons. The third-order valence-corrected chi connectivity index (χ3v) is 7.28. The molecule has 1 saturated heterocycles. The first-order valence-electron chi connectivity index (χ1n) is 10.8. The van der Waals surface area contributed by atoms with Gasteiger partial charge in [-0.1, -0.05) is 70.5 Å². The predicted octanol–water partition coefficient (Wildman–Crippen LogP) is 6.50. The van der Waals surface area contributed by atoms with Gasteiger partial charge in [0.2, 0.25) is 0 Å². The lowest BCUT2D eigenvalue weighted by molar-refractivity contribution is -0.132. The van der Waals surface area contributed by atoms with Crippen molar-refractivity contribution in [2.45, 2.75) is 26.8 Å². The molecule has 1 atom stereocenters. The van der Waals surface area contributed by atoms with Gasteiger partial charge in [0.1, 0.15) is 5.76 Å². The maximum Gasteiger partial charge on any atom is 0.301 e. The molecule has 1 N–H and O–H groups in total. The van der Waals surface area contributed by atoms with Gasteiger partial charge in [-0.2, -0.15) is 0 Å². The van der Waals surface area contributed by atoms with Crippen LogP contribution >= 0.6 is 22.9 Å². The highest BCUT2D eigenvalue weighted by Crippen LogP contribution is 2.44. The van der Waals surface area contributed by atoms with Crippen LogP contribution in [-0.2, 0) is 9.59 Å². The van der Waals surface area contributed by atoms with Crippen molar-refractivity contribution in [3.05, 3.63) is 99.1 Å². The van der Waals surface area contributed by atoms with E-state index in [2.05, 4.69) is 4.98 Å². The van der Waals surface area contributed by atoms with Gasteiger partial charge in [0.25, 0.3) is 5.78 Å². The molecular weight excluding hydrogens is 468 g/mol. The fourth-order valence-electron chi connectivity index (χ4n) is 4.22.